The average Bonchev–Trinajstić information content (AvgIpc) is 2.28. The van der Waals surface area contributed by atoms with Gasteiger partial charge >= 0.3 is 0 Å². The van der Waals surface area contributed by atoms with Gasteiger partial charge in [-0.25, -0.2) is 0 Å². The van der Waals surface area contributed by atoms with Gasteiger partial charge in [0.05, 0.1) is 10.7 Å². The molecule has 1 aromatic rings. The van der Waals surface area contributed by atoms with Crippen LogP contribution < -0.4 is 10.6 Å². The average molecular weight is 273 g/mol. The predicted molar refractivity (Wildman–Crippen MR) is 80.3 cm³/mol. The van der Waals surface area contributed by atoms with Crippen molar-refractivity contribution in [1.29, 1.82) is 0 Å². The van der Waals surface area contributed by atoms with Gasteiger partial charge in [-0.3, -0.25) is 0 Å². The normalized spacial score (nSPS) is 14.5. The first kappa shape index (κ1) is 14.7. The van der Waals surface area contributed by atoms with Crippen LogP contribution in [-0.2, 0) is 0 Å². The molecule has 0 aromatic heterocycles. The Balaban J connectivity index is 2.91. The fourth-order valence-corrected chi connectivity index (χ4v) is 2.71. The molecule has 0 saturated heterocycles. The van der Waals surface area contributed by atoms with Crippen molar-refractivity contribution in [3.63, 3.8) is 0 Å². The van der Waals surface area contributed by atoms with E-state index in [-0.39, 0.29) is 6.04 Å². The monoisotopic (exact) mass is 272 g/mol. The van der Waals surface area contributed by atoms with Crippen LogP contribution in [0.5, 0.6) is 0 Å². The lowest BCUT2D eigenvalue weighted by Gasteiger charge is -2.27. The number of anilines is 1. The molecule has 0 heterocycles. The lowest BCUT2D eigenvalue weighted by atomic mass is 10.1. The third kappa shape index (κ3) is 3.80. The molecule has 4 heteroatoms. The van der Waals surface area contributed by atoms with Gasteiger partial charge in [-0.1, -0.05) is 17.7 Å². The van der Waals surface area contributed by atoms with Gasteiger partial charge in [0.2, 0.25) is 0 Å². The third-order valence-corrected chi connectivity index (χ3v) is 4.07. The summed E-state index contributed by atoms with van der Waals surface area (Å²) in [6, 6.07) is 6.55. The molecule has 2 atom stereocenters. The van der Waals surface area contributed by atoms with Crippen molar-refractivity contribution >= 4 is 29.1 Å². The molecule has 2 unspecified atom stereocenters. The van der Waals surface area contributed by atoms with E-state index in [1.807, 2.05) is 30.8 Å². The molecule has 17 heavy (non-hydrogen) atoms. The largest absolute Gasteiger partial charge is 0.370 e. The highest BCUT2D eigenvalue weighted by atomic mass is 35.5. The quantitative estimate of drug-likeness (QED) is 0.889. The summed E-state index contributed by atoms with van der Waals surface area (Å²) in [5.41, 5.74) is 7.98. The minimum atomic E-state index is 0.0236. The second-order valence-electron chi connectivity index (χ2n) is 4.41. The lowest BCUT2D eigenvalue weighted by molar-refractivity contribution is 0.763. The summed E-state index contributed by atoms with van der Waals surface area (Å²) >= 11 is 8.15. The summed E-state index contributed by atoms with van der Waals surface area (Å²) in [6.45, 7) is 4.16. The minimum absolute atomic E-state index is 0.0236. The maximum Gasteiger partial charge on any atom is 0.0642 e. The molecular formula is C13H21ClN2S. The second kappa shape index (κ2) is 6.53. The molecule has 1 rings (SSSR count). The summed E-state index contributed by atoms with van der Waals surface area (Å²) in [7, 11) is 2.08. The first-order chi connectivity index (χ1) is 7.97. The summed E-state index contributed by atoms with van der Waals surface area (Å²) in [4.78, 5) is 2.21. The van der Waals surface area contributed by atoms with Crippen LogP contribution in [0.4, 0.5) is 5.69 Å². The molecule has 0 bridgehead atoms. The van der Waals surface area contributed by atoms with Crippen molar-refractivity contribution in [3.05, 3.63) is 28.8 Å². The molecule has 0 aliphatic carbocycles. The molecular weight excluding hydrogens is 252 g/mol. The minimum Gasteiger partial charge on any atom is -0.370 e. The van der Waals surface area contributed by atoms with Crippen LogP contribution in [0, 0.1) is 0 Å². The maximum absolute atomic E-state index is 6.31. The van der Waals surface area contributed by atoms with Crippen LogP contribution in [0.15, 0.2) is 18.2 Å². The molecule has 2 nitrogen and oxygen atoms in total. The maximum atomic E-state index is 6.31. The van der Waals surface area contributed by atoms with E-state index < -0.39 is 0 Å². The lowest BCUT2D eigenvalue weighted by Crippen LogP contribution is -2.31. The number of benzene rings is 1. The highest BCUT2D eigenvalue weighted by molar-refractivity contribution is 7.98. The molecule has 0 aliphatic rings. The highest BCUT2D eigenvalue weighted by Gasteiger charge is 2.13. The number of hydrogen-bond donors (Lipinski definition) is 1. The van der Waals surface area contributed by atoms with Crippen LogP contribution in [0.3, 0.4) is 0 Å². The van der Waals surface area contributed by atoms with Crippen LogP contribution in [0.2, 0.25) is 5.02 Å². The van der Waals surface area contributed by atoms with Gasteiger partial charge in [0.15, 0.2) is 0 Å². The highest BCUT2D eigenvalue weighted by Crippen LogP contribution is 2.29. The topological polar surface area (TPSA) is 29.3 Å². The fourth-order valence-electron chi connectivity index (χ4n) is 1.68. The molecule has 0 fully saturated rings. The number of halogens is 1. The number of nitrogens with zero attached hydrogens (tertiary/aromatic N) is 1. The Kier molecular flexibility index (Phi) is 5.63. The van der Waals surface area contributed by atoms with Gasteiger partial charge in [-0.15, -0.1) is 0 Å². The fraction of sp³-hybridized carbons (Fsp3) is 0.538. The Bertz CT molecular complexity index is 368. The number of nitrogens with two attached hydrogens (primary N) is 1. The van der Waals surface area contributed by atoms with Crippen LogP contribution in [-0.4, -0.2) is 25.1 Å². The van der Waals surface area contributed by atoms with E-state index in [0.717, 1.165) is 22.0 Å². The molecule has 0 radical (unpaired) electrons. The molecule has 0 amide bonds. The van der Waals surface area contributed by atoms with Gasteiger partial charge in [0.25, 0.3) is 0 Å². The molecule has 0 aliphatic heterocycles. The Labute approximate surface area is 114 Å². The van der Waals surface area contributed by atoms with E-state index >= 15 is 0 Å². The zero-order valence-corrected chi connectivity index (χ0v) is 12.5. The Morgan fingerprint density at radius 1 is 1.41 bits per heavy atom. The summed E-state index contributed by atoms with van der Waals surface area (Å²) in [6.07, 6.45) is 2.12. The van der Waals surface area contributed by atoms with Crippen molar-refractivity contribution in [3.8, 4) is 0 Å². The van der Waals surface area contributed by atoms with Crippen LogP contribution in [0.1, 0.15) is 25.5 Å². The van der Waals surface area contributed by atoms with Gasteiger partial charge in [-0.05, 0) is 37.8 Å². The van der Waals surface area contributed by atoms with E-state index in [1.165, 1.54) is 0 Å². The number of hydrogen-bond acceptors (Lipinski definition) is 3. The predicted octanol–water partition coefficient (Wildman–Crippen LogP) is 3.55. The van der Waals surface area contributed by atoms with Crippen molar-refractivity contribution in [1.82, 2.24) is 0 Å². The SMILES string of the molecule is CSCC(C)N(C)c1ccc(C(C)N)cc1Cl. The van der Waals surface area contributed by atoms with Crippen molar-refractivity contribution < 1.29 is 0 Å². The molecule has 1 aromatic carbocycles. The Morgan fingerprint density at radius 3 is 2.53 bits per heavy atom. The number of rotatable bonds is 5. The van der Waals surface area contributed by atoms with Crippen molar-refractivity contribution in [2.24, 2.45) is 5.73 Å². The van der Waals surface area contributed by atoms with Crippen LogP contribution in [0.25, 0.3) is 0 Å². The van der Waals surface area contributed by atoms with E-state index in [1.54, 1.807) is 0 Å². The summed E-state index contributed by atoms with van der Waals surface area (Å²) < 4.78 is 0. The standard InChI is InChI=1S/C13H21ClN2S/c1-9(8-17-4)16(3)13-6-5-11(10(2)15)7-12(13)14/h5-7,9-10H,8,15H2,1-4H3. The van der Waals surface area contributed by atoms with Crippen molar-refractivity contribution in [2.75, 3.05) is 24.0 Å². The molecule has 96 valence electrons. The molecule has 2 N–H and O–H groups in total. The first-order valence-electron chi connectivity index (χ1n) is 5.74. The van der Waals surface area contributed by atoms with Gasteiger partial charge < -0.3 is 10.6 Å². The molecule has 0 spiro atoms. The Hall–Kier alpha value is -0.380. The summed E-state index contributed by atoms with van der Waals surface area (Å²) in [5, 5.41) is 0.773. The smallest absolute Gasteiger partial charge is 0.0642 e. The van der Waals surface area contributed by atoms with Gasteiger partial charge in [0, 0.05) is 24.9 Å². The number of thioether (sulfide) groups is 1. The first-order valence-corrected chi connectivity index (χ1v) is 7.51. The summed E-state index contributed by atoms with van der Waals surface area (Å²) in [5.74, 6) is 1.09. The zero-order chi connectivity index (χ0) is 13.0. The van der Waals surface area contributed by atoms with Crippen molar-refractivity contribution in [2.45, 2.75) is 25.9 Å². The van der Waals surface area contributed by atoms with E-state index in [9.17, 15) is 0 Å². The van der Waals surface area contributed by atoms with E-state index in [4.69, 9.17) is 17.3 Å². The van der Waals surface area contributed by atoms with Crippen LogP contribution >= 0.6 is 23.4 Å². The molecule has 0 saturated carbocycles. The Morgan fingerprint density at radius 2 is 2.06 bits per heavy atom. The van der Waals surface area contributed by atoms with Gasteiger partial charge in [-0.2, -0.15) is 11.8 Å². The zero-order valence-electron chi connectivity index (χ0n) is 10.9. The second-order valence-corrected chi connectivity index (χ2v) is 5.73. The van der Waals surface area contributed by atoms with E-state index in [2.05, 4.69) is 31.2 Å². The van der Waals surface area contributed by atoms with Gasteiger partial charge in [0.1, 0.15) is 0 Å². The van der Waals surface area contributed by atoms with E-state index in [0.29, 0.717) is 6.04 Å². The third-order valence-electron chi connectivity index (χ3n) is 2.95.